The van der Waals surface area contributed by atoms with Crippen LogP contribution in [-0.2, 0) is 9.09 Å². The van der Waals surface area contributed by atoms with Crippen molar-refractivity contribution in [3.63, 3.8) is 0 Å². The molecule has 0 heterocycles. The highest BCUT2D eigenvalue weighted by molar-refractivity contribution is 8.56. The van der Waals surface area contributed by atoms with Crippen LogP contribution in [0.15, 0.2) is 0 Å². The van der Waals surface area contributed by atoms with Crippen molar-refractivity contribution in [3.05, 3.63) is 0 Å². The maximum Gasteiger partial charge on any atom is 0.431 e. The topological polar surface area (TPSA) is 50.1 Å². The van der Waals surface area contributed by atoms with Gasteiger partial charge in [-0.2, -0.15) is 18.4 Å². The largest absolute Gasteiger partial charge is 0.431 e. The monoisotopic (exact) mass is 275 g/mol. The molecule has 0 aromatic heterocycles. The maximum atomic E-state index is 12.5. The van der Waals surface area contributed by atoms with Crippen molar-refractivity contribution in [2.75, 3.05) is 12.4 Å². The third kappa shape index (κ3) is 4.36. The Kier molecular flexibility index (Phi) is 5.37. The summed E-state index contributed by atoms with van der Waals surface area (Å²) in [5.74, 6) is 0.424. The van der Waals surface area contributed by atoms with Gasteiger partial charge in [0.25, 0.3) is 12.2 Å². The summed E-state index contributed by atoms with van der Waals surface area (Å²) in [6.07, 6.45) is -4.19. The summed E-state index contributed by atoms with van der Waals surface area (Å²) >= 11 is 0.819. The van der Waals surface area contributed by atoms with Gasteiger partial charge < -0.3 is 0 Å². The zero-order valence-electron chi connectivity index (χ0n) is 9.17. The smallest absolute Gasteiger partial charge is 0.290 e. The molecule has 0 aromatic carbocycles. The van der Waals surface area contributed by atoms with E-state index in [0.29, 0.717) is 19.1 Å². The molecule has 0 rings (SSSR count). The molecule has 0 saturated carbocycles. The number of hydrogen-bond acceptors (Lipinski definition) is 4. The van der Waals surface area contributed by atoms with E-state index in [1.807, 2.05) is 0 Å². The molecule has 0 N–H and O–H groups in total. The Bertz CT molecular complexity index is 328. The number of rotatable bonds is 5. The Balaban J connectivity index is 4.81. The summed E-state index contributed by atoms with van der Waals surface area (Å²) in [5.41, 5.74) is -3.02. The molecule has 0 radical (unpaired) electrons. The molecule has 94 valence electrons. The van der Waals surface area contributed by atoms with Gasteiger partial charge in [-0.15, -0.1) is 0 Å². The highest BCUT2D eigenvalue weighted by atomic mass is 32.7. The van der Waals surface area contributed by atoms with Crippen molar-refractivity contribution in [3.8, 4) is 6.07 Å². The molecule has 0 amide bonds. The van der Waals surface area contributed by atoms with Gasteiger partial charge in [-0.05, 0) is 13.3 Å². The normalized spacial score (nSPS) is 19.6. The Hall–Kier alpha value is -0.180. The van der Waals surface area contributed by atoms with Crippen LogP contribution in [0.5, 0.6) is 0 Å². The van der Waals surface area contributed by atoms with E-state index >= 15 is 0 Å². The van der Waals surface area contributed by atoms with Crippen LogP contribution in [0.2, 0.25) is 0 Å². The summed E-state index contributed by atoms with van der Waals surface area (Å²) in [4.78, 5) is 0. The third-order valence-corrected chi connectivity index (χ3v) is 5.57. The van der Waals surface area contributed by atoms with E-state index in [9.17, 15) is 17.7 Å². The van der Waals surface area contributed by atoms with Crippen molar-refractivity contribution in [2.45, 2.75) is 32.0 Å². The third-order valence-electron chi connectivity index (χ3n) is 1.63. The van der Waals surface area contributed by atoms with Crippen LogP contribution in [0, 0.1) is 11.3 Å². The van der Waals surface area contributed by atoms with E-state index in [1.54, 1.807) is 6.92 Å². The second-order valence-corrected chi connectivity index (χ2v) is 8.49. The number of alkyl halides is 3. The number of hydrogen-bond donors (Lipinski definition) is 0. The Morgan fingerprint density at radius 3 is 2.31 bits per heavy atom. The lowest BCUT2D eigenvalue weighted by molar-refractivity contribution is -0.218. The molecule has 0 aliphatic carbocycles. The standard InChI is InChI=1S/C8H13F3NO2PS/c1-4-5-16-15(3,13)14-7(2,6-12)8(9,10)11/h4-5H2,1-3H3. The minimum atomic E-state index is -4.86. The molecule has 0 bridgehead atoms. The minimum absolute atomic E-state index is 0.424. The molecular formula is C8H13F3NO2PS. The van der Waals surface area contributed by atoms with Crippen LogP contribution in [0.3, 0.4) is 0 Å². The zero-order chi connectivity index (χ0) is 13.0. The molecule has 0 aromatic rings. The SMILES string of the molecule is CCCSP(C)(=O)OC(C)(C#N)C(F)(F)F. The Morgan fingerprint density at radius 2 is 2.00 bits per heavy atom. The molecule has 2 atom stereocenters. The molecule has 2 unspecified atom stereocenters. The number of nitriles is 1. The molecule has 16 heavy (non-hydrogen) atoms. The minimum Gasteiger partial charge on any atom is -0.290 e. The van der Waals surface area contributed by atoms with Gasteiger partial charge >= 0.3 is 6.18 Å². The first-order chi connectivity index (χ1) is 7.08. The lowest BCUT2D eigenvalue weighted by atomic mass is 10.1. The van der Waals surface area contributed by atoms with Gasteiger partial charge in [0.1, 0.15) is 6.07 Å². The molecular weight excluding hydrogens is 262 g/mol. The van der Waals surface area contributed by atoms with Gasteiger partial charge in [0.05, 0.1) is 0 Å². The second kappa shape index (κ2) is 5.44. The first-order valence-electron chi connectivity index (χ1n) is 4.49. The van der Waals surface area contributed by atoms with Crippen LogP contribution < -0.4 is 0 Å². The summed E-state index contributed by atoms with van der Waals surface area (Å²) in [6.45, 7) is 0.00736. The van der Waals surface area contributed by atoms with Gasteiger partial charge in [-0.1, -0.05) is 18.3 Å². The lowest BCUT2D eigenvalue weighted by Gasteiger charge is -2.27. The highest BCUT2D eigenvalue weighted by Gasteiger charge is 2.56. The average molecular weight is 275 g/mol. The maximum absolute atomic E-state index is 12.5. The summed E-state index contributed by atoms with van der Waals surface area (Å²) < 4.78 is 53.6. The van der Waals surface area contributed by atoms with Gasteiger partial charge in [0.2, 0.25) is 0 Å². The van der Waals surface area contributed by atoms with Gasteiger partial charge in [-0.25, -0.2) is 0 Å². The number of halogens is 3. The van der Waals surface area contributed by atoms with Crippen molar-refractivity contribution in [1.29, 1.82) is 5.26 Å². The zero-order valence-corrected chi connectivity index (χ0v) is 10.9. The van der Waals surface area contributed by atoms with Gasteiger partial charge in [0, 0.05) is 12.4 Å². The fourth-order valence-electron chi connectivity index (χ4n) is 0.751. The van der Waals surface area contributed by atoms with Crippen molar-refractivity contribution < 1.29 is 22.3 Å². The van der Waals surface area contributed by atoms with E-state index in [2.05, 4.69) is 4.52 Å². The molecule has 3 nitrogen and oxygen atoms in total. The summed E-state index contributed by atoms with van der Waals surface area (Å²) in [5, 5.41) is 8.48. The van der Waals surface area contributed by atoms with Crippen LogP contribution >= 0.6 is 18.0 Å². The van der Waals surface area contributed by atoms with Crippen molar-refractivity contribution >= 4 is 18.0 Å². The van der Waals surface area contributed by atoms with E-state index in [0.717, 1.165) is 24.1 Å². The Labute approximate surface area is 96.5 Å². The van der Waals surface area contributed by atoms with Crippen LogP contribution in [0.25, 0.3) is 0 Å². The first kappa shape index (κ1) is 15.8. The fraction of sp³-hybridized carbons (Fsp3) is 0.875. The second-order valence-electron chi connectivity index (χ2n) is 3.34. The fourth-order valence-corrected chi connectivity index (χ4v) is 4.27. The molecule has 0 saturated heterocycles. The van der Waals surface area contributed by atoms with Crippen LogP contribution in [0.4, 0.5) is 13.2 Å². The van der Waals surface area contributed by atoms with Crippen molar-refractivity contribution in [2.24, 2.45) is 0 Å². The van der Waals surface area contributed by atoms with Crippen LogP contribution in [0.1, 0.15) is 20.3 Å². The number of nitrogens with zero attached hydrogens (tertiary/aromatic N) is 1. The molecule has 0 spiro atoms. The Morgan fingerprint density at radius 1 is 1.50 bits per heavy atom. The molecule has 0 aliphatic heterocycles. The molecule has 0 aliphatic rings. The quantitative estimate of drug-likeness (QED) is 0.716. The average Bonchev–Trinajstić information content (AvgIpc) is 2.12. The molecule has 8 heteroatoms. The van der Waals surface area contributed by atoms with Gasteiger partial charge in [-0.3, -0.25) is 9.09 Å². The van der Waals surface area contributed by atoms with E-state index < -0.39 is 18.3 Å². The van der Waals surface area contributed by atoms with Crippen LogP contribution in [-0.4, -0.2) is 24.2 Å². The van der Waals surface area contributed by atoms with Crippen molar-refractivity contribution in [1.82, 2.24) is 0 Å². The molecule has 0 fully saturated rings. The predicted octanol–water partition coefficient (Wildman–Crippen LogP) is 3.81. The first-order valence-corrected chi connectivity index (χ1v) is 8.15. The van der Waals surface area contributed by atoms with E-state index in [4.69, 9.17) is 5.26 Å². The summed E-state index contributed by atoms with van der Waals surface area (Å²) in [7, 11) is 0. The van der Waals surface area contributed by atoms with E-state index in [1.165, 1.54) is 0 Å². The lowest BCUT2D eigenvalue weighted by Crippen LogP contribution is -2.42. The predicted molar refractivity (Wildman–Crippen MR) is 57.4 cm³/mol. The van der Waals surface area contributed by atoms with Gasteiger partial charge in [0.15, 0.2) is 0 Å². The van der Waals surface area contributed by atoms with E-state index in [-0.39, 0.29) is 0 Å². The highest BCUT2D eigenvalue weighted by Crippen LogP contribution is 2.60. The summed E-state index contributed by atoms with van der Waals surface area (Å²) in [6, 6.07) is 1.02.